The molecule has 5 nitrogen and oxygen atoms in total. The molecular formula is C14H15N3O2. The molecule has 0 saturated heterocycles. The lowest BCUT2D eigenvalue weighted by Gasteiger charge is -2.14. The van der Waals surface area contributed by atoms with Crippen LogP contribution < -0.4 is 10.9 Å². The number of nitrogens with one attached hydrogen (secondary N) is 1. The molecule has 5 heteroatoms. The van der Waals surface area contributed by atoms with Crippen LogP contribution in [0.4, 0.5) is 5.69 Å². The minimum absolute atomic E-state index is 0.272. The minimum atomic E-state index is -0.660. The summed E-state index contributed by atoms with van der Waals surface area (Å²) in [6.45, 7) is 3.42. The van der Waals surface area contributed by atoms with E-state index in [1.54, 1.807) is 32.0 Å². The van der Waals surface area contributed by atoms with Crippen molar-refractivity contribution in [3.63, 3.8) is 0 Å². The van der Waals surface area contributed by atoms with Crippen LogP contribution in [0.3, 0.4) is 0 Å². The molecule has 19 heavy (non-hydrogen) atoms. The zero-order valence-corrected chi connectivity index (χ0v) is 10.8. The zero-order chi connectivity index (χ0) is 13.8. The van der Waals surface area contributed by atoms with E-state index in [2.05, 4.69) is 10.4 Å². The van der Waals surface area contributed by atoms with Crippen LogP contribution in [0, 0.1) is 6.92 Å². The predicted octanol–water partition coefficient (Wildman–Crippen LogP) is 1.75. The summed E-state index contributed by atoms with van der Waals surface area (Å²) in [5.41, 5.74) is 1.10. The molecule has 0 spiro atoms. The smallest absolute Gasteiger partial charge is 0.267 e. The zero-order valence-electron chi connectivity index (χ0n) is 10.8. The Kier molecular flexibility index (Phi) is 3.75. The van der Waals surface area contributed by atoms with E-state index in [9.17, 15) is 9.59 Å². The number of para-hydroxylation sites is 1. The second-order valence-corrected chi connectivity index (χ2v) is 4.29. The van der Waals surface area contributed by atoms with Gasteiger partial charge >= 0.3 is 0 Å². The first-order valence-electron chi connectivity index (χ1n) is 6.00. The monoisotopic (exact) mass is 257 g/mol. The normalized spacial score (nSPS) is 11.9. The van der Waals surface area contributed by atoms with Crippen LogP contribution in [0.2, 0.25) is 0 Å². The van der Waals surface area contributed by atoms with Crippen LogP contribution in [-0.4, -0.2) is 15.7 Å². The average Bonchev–Trinajstić information content (AvgIpc) is 2.42. The summed E-state index contributed by atoms with van der Waals surface area (Å²) in [7, 11) is 0. The molecule has 2 rings (SSSR count). The van der Waals surface area contributed by atoms with E-state index < -0.39 is 6.04 Å². The van der Waals surface area contributed by atoms with E-state index in [4.69, 9.17) is 0 Å². The van der Waals surface area contributed by atoms with Crippen molar-refractivity contribution >= 4 is 11.6 Å². The van der Waals surface area contributed by atoms with E-state index in [1.807, 2.05) is 18.2 Å². The molecule has 0 bridgehead atoms. The maximum absolute atomic E-state index is 12.1. The molecule has 0 aliphatic heterocycles. The lowest BCUT2D eigenvalue weighted by molar-refractivity contribution is -0.119. The summed E-state index contributed by atoms with van der Waals surface area (Å²) < 4.78 is 1.19. The number of benzene rings is 1. The summed E-state index contributed by atoms with van der Waals surface area (Å²) in [5.74, 6) is -0.272. The number of nitrogens with zero attached hydrogens (tertiary/aromatic N) is 2. The molecule has 2 aromatic rings. The van der Waals surface area contributed by atoms with Gasteiger partial charge in [0.15, 0.2) is 0 Å². The van der Waals surface area contributed by atoms with Gasteiger partial charge < -0.3 is 5.32 Å². The van der Waals surface area contributed by atoms with E-state index in [-0.39, 0.29) is 11.5 Å². The first kappa shape index (κ1) is 13.0. The van der Waals surface area contributed by atoms with Crippen LogP contribution in [0.25, 0.3) is 0 Å². The predicted molar refractivity (Wildman–Crippen MR) is 73.0 cm³/mol. The molecule has 1 N–H and O–H groups in total. The van der Waals surface area contributed by atoms with Gasteiger partial charge in [0, 0.05) is 11.8 Å². The second kappa shape index (κ2) is 5.48. The van der Waals surface area contributed by atoms with Crippen LogP contribution >= 0.6 is 0 Å². The third-order valence-electron chi connectivity index (χ3n) is 2.75. The molecule has 0 fully saturated rings. The largest absolute Gasteiger partial charge is 0.324 e. The maximum atomic E-state index is 12.1. The average molecular weight is 257 g/mol. The summed E-state index contributed by atoms with van der Waals surface area (Å²) in [6, 6.07) is 11.5. The summed E-state index contributed by atoms with van der Waals surface area (Å²) in [5, 5.41) is 6.83. The molecule has 0 aliphatic rings. The highest BCUT2D eigenvalue weighted by atomic mass is 16.2. The first-order valence-corrected chi connectivity index (χ1v) is 6.00. The number of aryl methyl sites for hydroxylation is 1. The molecule has 0 aliphatic carbocycles. The third kappa shape index (κ3) is 3.07. The molecular weight excluding hydrogens is 242 g/mol. The molecule has 1 atom stereocenters. The van der Waals surface area contributed by atoms with Crippen LogP contribution in [0.1, 0.15) is 18.7 Å². The number of rotatable bonds is 3. The van der Waals surface area contributed by atoms with Gasteiger partial charge in [0.2, 0.25) is 5.91 Å². The van der Waals surface area contributed by atoms with Crippen molar-refractivity contribution in [3.8, 4) is 0 Å². The van der Waals surface area contributed by atoms with Crippen molar-refractivity contribution in [2.24, 2.45) is 0 Å². The van der Waals surface area contributed by atoms with Gasteiger partial charge in [0.05, 0.1) is 5.69 Å². The van der Waals surface area contributed by atoms with Crippen molar-refractivity contribution in [3.05, 3.63) is 58.5 Å². The Bertz CT molecular complexity index is 635. The van der Waals surface area contributed by atoms with Crippen molar-refractivity contribution in [2.75, 3.05) is 5.32 Å². The van der Waals surface area contributed by atoms with Crippen molar-refractivity contribution < 1.29 is 4.79 Å². The van der Waals surface area contributed by atoms with E-state index >= 15 is 0 Å². The number of carbonyl (C=O) groups is 1. The standard InChI is InChI=1S/C14H15N3O2/c1-10-8-9-13(18)17(16-10)11(2)14(19)15-12-6-4-3-5-7-12/h3-9,11H,1-2H3,(H,15,19)/t11-/m0/s1. The van der Waals surface area contributed by atoms with Crippen LogP contribution in [0.15, 0.2) is 47.3 Å². The Morgan fingerprint density at radius 1 is 1.21 bits per heavy atom. The number of carbonyl (C=O) groups excluding carboxylic acids is 1. The molecule has 1 amide bonds. The summed E-state index contributed by atoms with van der Waals surface area (Å²) >= 11 is 0. The molecule has 1 aromatic carbocycles. The fraction of sp³-hybridized carbons (Fsp3) is 0.214. The number of hydrogen-bond donors (Lipinski definition) is 1. The fourth-order valence-electron chi connectivity index (χ4n) is 1.68. The van der Waals surface area contributed by atoms with Crippen molar-refractivity contribution in [1.82, 2.24) is 9.78 Å². The molecule has 98 valence electrons. The Morgan fingerprint density at radius 2 is 1.89 bits per heavy atom. The minimum Gasteiger partial charge on any atom is -0.324 e. The van der Waals surface area contributed by atoms with Gasteiger partial charge in [-0.05, 0) is 32.0 Å². The van der Waals surface area contributed by atoms with E-state index in [0.717, 1.165) is 0 Å². The lowest BCUT2D eigenvalue weighted by atomic mass is 10.2. The number of hydrogen-bond acceptors (Lipinski definition) is 3. The molecule has 1 heterocycles. The Balaban J connectivity index is 2.20. The Morgan fingerprint density at radius 3 is 2.58 bits per heavy atom. The fourth-order valence-corrected chi connectivity index (χ4v) is 1.68. The molecule has 0 unspecified atom stereocenters. The highest BCUT2D eigenvalue weighted by Crippen LogP contribution is 2.09. The van der Waals surface area contributed by atoms with Gasteiger partial charge in [0.1, 0.15) is 6.04 Å². The van der Waals surface area contributed by atoms with Gasteiger partial charge in [0.25, 0.3) is 5.56 Å². The van der Waals surface area contributed by atoms with Gasteiger partial charge in [-0.3, -0.25) is 9.59 Å². The first-order chi connectivity index (χ1) is 9.08. The summed E-state index contributed by atoms with van der Waals surface area (Å²) in [6.07, 6.45) is 0. The summed E-state index contributed by atoms with van der Waals surface area (Å²) in [4.78, 5) is 23.8. The number of anilines is 1. The molecule has 1 aromatic heterocycles. The second-order valence-electron chi connectivity index (χ2n) is 4.29. The van der Waals surface area contributed by atoms with E-state index in [1.165, 1.54) is 10.7 Å². The van der Waals surface area contributed by atoms with E-state index in [0.29, 0.717) is 11.4 Å². The topological polar surface area (TPSA) is 64.0 Å². The quantitative estimate of drug-likeness (QED) is 0.911. The highest BCUT2D eigenvalue weighted by molar-refractivity contribution is 5.93. The molecule has 0 radical (unpaired) electrons. The lowest BCUT2D eigenvalue weighted by Crippen LogP contribution is -2.33. The van der Waals surface area contributed by atoms with Crippen LogP contribution in [0.5, 0.6) is 0 Å². The SMILES string of the molecule is Cc1ccc(=O)n([C@@H](C)C(=O)Nc2ccccc2)n1. The van der Waals surface area contributed by atoms with Crippen molar-refractivity contribution in [1.29, 1.82) is 0 Å². The van der Waals surface area contributed by atoms with Crippen LogP contribution in [-0.2, 0) is 4.79 Å². The molecule has 0 saturated carbocycles. The third-order valence-corrected chi connectivity index (χ3v) is 2.75. The van der Waals surface area contributed by atoms with Gasteiger partial charge in [-0.1, -0.05) is 18.2 Å². The number of amides is 1. The number of aromatic nitrogens is 2. The van der Waals surface area contributed by atoms with Crippen molar-refractivity contribution in [2.45, 2.75) is 19.9 Å². The highest BCUT2D eigenvalue weighted by Gasteiger charge is 2.17. The maximum Gasteiger partial charge on any atom is 0.267 e. The Labute approximate surface area is 110 Å². The van der Waals surface area contributed by atoms with Gasteiger partial charge in [-0.25, -0.2) is 4.68 Å². The Hall–Kier alpha value is -2.43. The van der Waals surface area contributed by atoms with Gasteiger partial charge in [-0.15, -0.1) is 0 Å². The van der Waals surface area contributed by atoms with Gasteiger partial charge in [-0.2, -0.15) is 5.10 Å².